The monoisotopic (exact) mass is 391 g/mol. The summed E-state index contributed by atoms with van der Waals surface area (Å²) in [5.74, 6) is 0.661. The van der Waals surface area contributed by atoms with Gasteiger partial charge in [-0.15, -0.1) is 10.2 Å². The van der Waals surface area contributed by atoms with Crippen molar-refractivity contribution in [3.63, 3.8) is 0 Å². The molecule has 0 radical (unpaired) electrons. The van der Waals surface area contributed by atoms with Gasteiger partial charge in [0.15, 0.2) is 5.76 Å². The Kier molecular flexibility index (Phi) is 4.79. The maximum absolute atomic E-state index is 13.3. The van der Waals surface area contributed by atoms with E-state index in [2.05, 4.69) is 10.2 Å². The van der Waals surface area contributed by atoms with E-state index in [1.807, 2.05) is 0 Å². The summed E-state index contributed by atoms with van der Waals surface area (Å²) >= 11 is 0. The first-order chi connectivity index (χ1) is 13.0. The Hall–Kier alpha value is -2.52. The molecule has 1 fully saturated rings. The molecule has 0 saturated carbocycles. The second-order valence-corrected chi connectivity index (χ2v) is 8.45. The van der Waals surface area contributed by atoms with Crippen molar-refractivity contribution in [2.45, 2.75) is 24.5 Å². The van der Waals surface area contributed by atoms with E-state index >= 15 is 0 Å². The second kappa shape index (κ2) is 7.24. The molecule has 7 nitrogen and oxygen atoms in total. The molecule has 27 heavy (non-hydrogen) atoms. The summed E-state index contributed by atoms with van der Waals surface area (Å²) in [4.78, 5) is 0. The lowest BCUT2D eigenvalue weighted by Crippen LogP contribution is -2.38. The molecule has 1 aliphatic rings. The minimum Gasteiger partial charge on any atom is -0.459 e. The highest BCUT2D eigenvalue weighted by molar-refractivity contribution is 7.88. The van der Waals surface area contributed by atoms with E-state index in [0.29, 0.717) is 49.0 Å². The Bertz CT molecular complexity index is 1010. The summed E-state index contributed by atoms with van der Waals surface area (Å²) in [5, 5.41) is 8.06. The van der Waals surface area contributed by atoms with Gasteiger partial charge < -0.3 is 8.83 Å². The maximum atomic E-state index is 13.3. The topological polar surface area (TPSA) is 89.4 Å². The average molecular weight is 391 g/mol. The second-order valence-electron chi connectivity index (χ2n) is 6.48. The average Bonchev–Trinajstić information content (AvgIpc) is 3.33. The summed E-state index contributed by atoms with van der Waals surface area (Å²) in [7, 11) is -3.50. The minimum absolute atomic E-state index is 0.00170. The lowest BCUT2D eigenvalue weighted by atomic mass is 9.98. The van der Waals surface area contributed by atoms with Crippen molar-refractivity contribution in [1.82, 2.24) is 14.5 Å². The van der Waals surface area contributed by atoms with E-state index in [9.17, 15) is 12.8 Å². The zero-order valence-electron chi connectivity index (χ0n) is 14.4. The fourth-order valence-corrected chi connectivity index (χ4v) is 4.76. The molecule has 3 aromatic rings. The van der Waals surface area contributed by atoms with Crippen LogP contribution in [0.2, 0.25) is 0 Å². The molecule has 2 aromatic heterocycles. The summed E-state index contributed by atoms with van der Waals surface area (Å²) in [5.41, 5.74) is 0.442. The molecule has 0 N–H and O–H groups in total. The normalized spacial score (nSPS) is 16.6. The molecule has 0 atom stereocenters. The molecule has 1 aliphatic heterocycles. The number of furan rings is 1. The number of sulfonamides is 1. The van der Waals surface area contributed by atoms with Crippen molar-refractivity contribution in [3.05, 3.63) is 59.9 Å². The smallest absolute Gasteiger partial charge is 0.283 e. The highest BCUT2D eigenvalue weighted by atomic mass is 32.2. The van der Waals surface area contributed by atoms with Crippen LogP contribution in [0.3, 0.4) is 0 Å². The zero-order chi connectivity index (χ0) is 18.9. The number of hydrogen-bond donors (Lipinski definition) is 0. The standard InChI is InChI=1S/C18H18FN3O4S/c19-15-4-1-3-13(11-15)12-27(23,24)22-8-6-14(7-9-22)17-20-21-18(26-17)16-5-2-10-25-16/h1-5,10-11,14H,6-9,12H2. The molecule has 3 heterocycles. The van der Waals surface area contributed by atoms with E-state index in [0.717, 1.165) is 0 Å². The van der Waals surface area contributed by atoms with E-state index in [4.69, 9.17) is 8.83 Å². The predicted molar refractivity (Wildman–Crippen MR) is 94.6 cm³/mol. The Morgan fingerprint density at radius 3 is 2.67 bits per heavy atom. The Morgan fingerprint density at radius 1 is 1.15 bits per heavy atom. The van der Waals surface area contributed by atoms with Crippen molar-refractivity contribution in [2.24, 2.45) is 0 Å². The fourth-order valence-electron chi connectivity index (χ4n) is 3.21. The van der Waals surface area contributed by atoms with E-state index in [1.165, 1.54) is 28.8 Å². The van der Waals surface area contributed by atoms with Crippen molar-refractivity contribution < 1.29 is 21.6 Å². The fraction of sp³-hybridized carbons (Fsp3) is 0.333. The van der Waals surface area contributed by atoms with E-state index in [-0.39, 0.29) is 11.7 Å². The van der Waals surface area contributed by atoms with Gasteiger partial charge >= 0.3 is 0 Å². The third-order valence-corrected chi connectivity index (χ3v) is 6.46. The quantitative estimate of drug-likeness (QED) is 0.664. The number of halogens is 1. The Labute approximate surface area is 155 Å². The summed E-state index contributed by atoms with van der Waals surface area (Å²) in [6.07, 6.45) is 2.70. The maximum Gasteiger partial charge on any atom is 0.283 e. The highest BCUT2D eigenvalue weighted by Gasteiger charge is 2.31. The number of hydrogen-bond acceptors (Lipinski definition) is 6. The number of piperidine rings is 1. The van der Waals surface area contributed by atoms with Crippen LogP contribution in [0.4, 0.5) is 4.39 Å². The van der Waals surface area contributed by atoms with Gasteiger partial charge in [0, 0.05) is 19.0 Å². The molecule has 9 heteroatoms. The summed E-state index contributed by atoms with van der Waals surface area (Å²) in [6.45, 7) is 0.724. The van der Waals surface area contributed by atoms with Crippen molar-refractivity contribution in [1.29, 1.82) is 0 Å². The van der Waals surface area contributed by atoms with Gasteiger partial charge in [0.05, 0.1) is 12.0 Å². The van der Waals surface area contributed by atoms with Crippen molar-refractivity contribution in [3.8, 4) is 11.7 Å². The third-order valence-electron chi connectivity index (χ3n) is 4.61. The first kappa shape index (κ1) is 17.9. The SMILES string of the molecule is O=S(=O)(Cc1cccc(F)c1)N1CCC(c2nnc(-c3ccco3)o2)CC1. The minimum atomic E-state index is -3.50. The van der Waals surface area contributed by atoms with Crippen LogP contribution in [0.15, 0.2) is 51.5 Å². The van der Waals surface area contributed by atoms with Gasteiger partial charge in [0.2, 0.25) is 15.9 Å². The molecule has 0 amide bonds. The molecule has 0 unspecified atom stereocenters. The van der Waals surface area contributed by atoms with Gasteiger partial charge in [0.1, 0.15) is 5.82 Å². The van der Waals surface area contributed by atoms with Gasteiger partial charge in [0.25, 0.3) is 5.89 Å². The number of aromatic nitrogens is 2. The lowest BCUT2D eigenvalue weighted by Gasteiger charge is -2.29. The van der Waals surface area contributed by atoms with E-state index in [1.54, 1.807) is 18.2 Å². The molecular weight excluding hydrogens is 373 g/mol. The lowest BCUT2D eigenvalue weighted by molar-refractivity contribution is 0.290. The molecule has 4 rings (SSSR count). The first-order valence-electron chi connectivity index (χ1n) is 8.61. The molecule has 0 spiro atoms. The van der Waals surface area contributed by atoms with Crippen LogP contribution in [0.5, 0.6) is 0 Å². The molecular formula is C18H18FN3O4S. The number of rotatable bonds is 5. The van der Waals surface area contributed by atoms with Crippen LogP contribution in [0, 0.1) is 5.82 Å². The van der Waals surface area contributed by atoms with Crippen LogP contribution in [-0.2, 0) is 15.8 Å². The molecule has 1 aromatic carbocycles. The molecule has 1 saturated heterocycles. The van der Waals surface area contributed by atoms with Crippen molar-refractivity contribution in [2.75, 3.05) is 13.1 Å². The number of nitrogens with zero attached hydrogens (tertiary/aromatic N) is 3. The predicted octanol–water partition coefficient (Wildman–Crippen LogP) is 3.18. The molecule has 142 valence electrons. The zero-order valence-corrected chi connectivity index (χ0v) is 15.2. The van der Waals surface area contributed by atoms with Crippen LogP contribution < -0.4 is 0 Å². The van der Waals surface area contributed by atoms with Crippen LogP contribution in [0.1, 0.15) is 30.2 Å². The van der Waals surface area contributed by atoms with E-state index < -0.39 is 15.8 Å². The van der Waals surface area contributed by atoms with Crippen LogP contribution in [0.25, 0.3) is 11.7 Å². The van der Waals surface area contributed by atoms with Gasteiger partial charge in [-0.1, -0.05) is 12.1 Å². The Morgan fingerprint density at radius 2 is 1.96 bits per heavy atom. The van der Waals surface area contributed by atoms with Gasteiger partial charge in [-0.3, -0.25) is 0 Å². The highest BCUT2D eigenvalue weighted by Crippen LogP contribution is 2.30. The summed E-state index contributed by atoms with van der Waals surface area (Å²) < 4.78 is 50.9. The van der Waals surface area contributed by atoms with Gasteiger partial charge in [-0.05, 0) is 42.7 Å². The van der Waals surface area contributed by atoms with Crippen LogP contribution >= 0.6 is 0 Å². The number of benzene rings is 1. The van der Waals surface area contributed by atoms with Gasteiger partial charge in [-0.2, -0.15) is 0 Å². The van der Waals surface area contributed by atoms with Gasteiger partial charge in [-0.25, -0.2) is 17.1 Å². The third kappa shape index (κ3) is 3.93. The Balaban J connectivity index is 1.40. The van der Waals surface area contributed by atoms with Crippen molar-refractivity contribution >= 4 is 10.0 Å². The van der Waals surface area contributed by atoms with Crippen LogP contribution in [-0.4, -0.2) is 36.0 Å². The largest absolute Gasteiger partial charge is 0.459 e. The molecule has 0 aliphatic carbocycles. The first-order valence-corrected chi connectivity index (χ1v) is 10.2. The molecule has 0 bridgehead atoms. The summed E-state index contributed by atoms with van der Waals surface area (Å²) in [6, 6.07) is 9.14.